The Hall–Kier alpha value is -4.13. The Bertz CT molecular complexity index is 1450. The highest BCUT2D eigenvalue weighted by Crippen LogP contribution is 2.32. The van der Waals surface area contributed by atoms with E-state index < -0.39 is 23.4 Å². The smallest absolute Gasteiger partial charge is 0.325 e. The van der Waals surface area contributed by atoms with Gasteiger partial charge in [0.25, 0.3) is 5.91 Å². The third-order valence-corrected chi connectivity index (χ3v) is 6.58. The van der Waals surface area contributed by atoms with Crippen molar-refractivity contribution < 1.29 is 14.4 Å². The molecule has 4 aromatic rings. The fraction of sp³-hybridized carbons (Fsp3) is 0.222. The van der Waals surface area contributed by atoms with Gasteiger partial charge in [-0.1, -0.05) is 48.0 Å². The van der Waals surface area contributed by atoms with Crippen LogP contribution < -0.4 is 10.6 Å². The first-order valence-electron chi connectivity index (χ1n) is 11.3. The standard InChI is InChI=1S/C27H26N4O3/c1-4-30-22-8-6-5-7-20(22)21-15-19(13-14-23(21)30)28-24(32)16-31-25(33)27(3,29-26(31)34)18-11-9-17(2)10-12-18/h5-15H,4,16H2,1-3H3,(H,28,32)(H,29,34)/t27-/m0/s1. The zero-order chi connectivity index (χ0) is 24.0. The van der Waals surface area contributed by atoms with E-state index in [1.165, 1.54) is 0 Å². The third kappa shape index (κ3) is 3.41. The number of urea groups is 1. The minimum atomic E-state index is -1.20. The van der Waals surface area contributed by atoms with Gasteiger partial charge in [-0.15, -0.1) is 0 Å². The Morgan fingerprint density at radius 3 is 2.41 bits per heavy atom. The van der Waals surface area contributed by atoms with Crippen LogP contribution in [0, 0.1) is 6.92 Å². The molecule has 1 saturated heterocycles. The highest BCUT2D eigenvalue weighted by Gasteiger charge is 2.49. The molecule has 0 unspecified atom stereocenters. The molecule has 0 aliphatic carbocycles. The summed E-state index contributed by atoms with van der Waals surface area (Å²) in [5.74, 6) is -0.881. The second-order valence-corrected chi connectivity index (χ2v) is 8.85. The average molecular weight is 455 g/mol. The SMILES string of the molecule is CCn1c2ccccc2c2cc(NC(=O)CN3C(=O)N[C@@](C)(c4ccc(C)cc4)C3=O)ccc21. The molecule has 3 aromatic carbocycles. The van der Waals surface area contributed by atoms with Crippen molar-refractivity contribution in [2.75, 3.05) is 11.9 Å². The normalized spacial score (nSPS) is 18.0. The summed E-state index contributed by atoms with van der Waals surface area (Å²) in [4.78, 5) is 39.5. The minimum Gasteiger partial charge on any atom is -0.341 e. The van der Waals surface area contributed by atoms with E-state index in [0.717, 1.165) is 38.8 Å². The summed E-state index contributed by atoms with van der Waals surface area (Å²) in [5.41, 5.74) is 3.37. The number of aromatic nitrogens is 1. The molecule has 1 atom stereocenters. The van der Waals surface area contributed by atoms with Crippen molar-refractivity contribution in [2.45, 2.75) is 32.9 Å². The van der Waals surface area contributed by atoms with Crippen molar-refractivity contribution in [3.63, 3.8) is 0 Å². The molecule has 2 heterocycles. The van der Waals surface area contributed by atoms with Gasteiger partial charge in [-0.05, 0) is 50.6 Å². The Morgan fingerprint density at radius 2 is 1.68 bits per heavy atom. The van der Waals surface area contributed by atoms with E-state index >= 15 is 0 Å². The number of carbonyl (C=O) groups excluding carboxylic acids is 3. The summed E-state index contributed by atoms with van der Waals surface area (Å²) >= 11 is 0. The molecule has 172 valence electrons. The number of para-hydroxylation sites is 1. The second kappa shape index (κ2) is 8.02. The van der Waals surface area contributed by atoms with Crippen molar-refractivity contribution in [2.24, 2.45) is 0 Å². The summed E-state index contributed by atoms with van der Waals surface area (Å²) in [7, 11) is 0. The molecule has 2 N–H and O–H groups in total. The molecule has 34 heavy (non-hydrogen) atoms. The molecule has 1 fully saturated rings. The Labute approximate surface area is 197 Å². The number of imide groups is 1. The number of nitrogens with zero attached hydrogens (tertiary/aromatic N) is 2. The van der Waals surface area contributed by atoms with Crippen LogP contribution in [0.25, 0.3) is 21.8 Å². The summed E-state index contributed by atoms with van der Waals surface area (Å²) < 4.78 is 2.23. The molecule has 0 bridgehead atoms. The van der Waals surface area contributed by atoms with Gasteiger partial charge >= 0.3 is 6.03 Å². The van der Waals surface area contributed by atoms with Crippen LogP contribution >= 0.6 is 0 Å². The maximum atomic E-state index is 13.1. The number of carbonyl (C=O) groups is 3. The van der Waals surface area contributed by atoms with E-state index in [1.807, 2.05) is 61.5 Å². The molecule has 5 rings (SSSR count). The lowest BCUT2D eigenvalue weighted by Gasteiger charge is -2.22. The highest BCUT2D eigenvalue weighted by molar-refractivity contribution is 6.12. The fourth-order valence-electron chi connectivity index (χ4n) is 4.74. The van der Waals surface area contributed by atoms with Gasteiger partial charge in [0.15, 0.2) is 0 Å². The minimum absolute atomic E-state index is 0.360. The maximum Gasteiger partial charge on any atom is 0.325 e. The van der Waals surface area contributed by atoms with Crippen LogP contribution in [0.5, 0.6) is 0 Å². The van der Waals surface area contributed by atoms with E-state index in [2.05, 4.69) is 34.3 Å². The average Bonchev–Trinajstić information content (AvgIpc) is 3.26. The van der Waals surface area contributed by atoms with Crippen LogP contribution in [0.15, 0.2) is 66.7 Å². The molecule has 7 heteroatoms. The topological polar surface area (TPSA) is 83.4 Å². The monoisotopic (exact) mass is 454 g/mol. The molecule has 1 aromatic heterocycles. The fourth-order valence-corrected chi connectivity index (χ4v) is 4.74. The number of rotatable bonds is 5. The zero-order valence-electron chi connectivity index (χ0n) is 19.4. The lowest BCUT2D eigenvalue weighted by Crippen LogP contribution is -2.42. The Kier molecular flexibility index (Phi) is 5.12. The second-order valence-electron chi connectivity index (χ2n) is 8.85. The molecule has 0 saturated carbocycles. The van der Waals surface area contributed by atoms with Gasteiger partial charge in [-0.3, -0.25) is 14.5 Å². The first-order chi connectivity index (χ1) is 16.3. The number of hydrogen-bond acceptors (Lipinski definition) is 3. The Morgan fingerprint density at radius 1 is 0.971 bits per heavy atom. The molecular formula is C27H26N4O3. The zero-order valence-corrected chi connectivity index (χ0v) is 19.4. The summed E-state index contributed by atoms with van der Waals surface area (Å²) in [6, 6.07) is 20.8. The first kappa shape index (κ1) is 21.7. The third-order valence-electron chi connectivity index (χ3n) is 6.58. The van der Waals surface area contributed by atoms with Crippen molar-refractivity contribution >= 4 is 45.3 Å². The number of anilines is 1. The van der Waals surface area contributed by atoms with Crippen LogP contribution in [0.2, 0.25) is 0 Å². The van der Waals surface area contributed by atoms with Gasteiger partial charge in [0.1, 0.15) is 12.1 Å². The van der Waals surface area contributed by atoms with Gasteiger partial charge in [0.05, 0.1) is 0 Å². The molecule has 4 amide bonds. The van der Waals surface area contributed by atoms with Gasteiger partial charge in [0.2, 0.25) is 5.91 Å². The van der Waals surface area contributed by atoms with Gasteiger partial charge in [-0.2, -0.15) is 0 Å². The molecule has 0 radical (unpaired) electrons. The number of amides is 4. The van der Waals surface area contributed by atoms with Crippen LogP contribution in [-0.4, -0.2) is 33.9 Å². The Balaban J connectivity index is 1.37. The summed E-state index contributed by atoms with van der Waals surface area (Å²) in [6.45, 7) is 6.19. The maximum absolute atomic E-state index is 13.1. The van der Waals surface area contributed by atoms with Crippen LogP contribution in [0.1, 0.15) is 25.0 Å². The van der Waals surface area contributed by atoms with E-state index in [9.17, 15) is 14.4 Å². The van der Waals surface area contributed by atoms with Crippen molar-refractivity contribution in [1.82, 2.24) is 14.8 Å². The number of fused-ring (bicyclic) bond motifs is 3. The number of aryl methyl sites for hydroxylation is 2. The van der Waals surface area contributed by atoms with Gasteiger partial charge in [-0.25, -0.2) is 4.79 Å². The van der Waals surface area contributed by atoms with Gasteiger partial charge in [0, 0.05) is 34.0 Å². The number of benzene rings is 3. The van der Waals surface area contributed by atoms with Crippen LogP contribution in [0.3, 0.4) is 0 Å². The number of hydrogen-bond donors (Lipinski definition) is 2. The lowest BCUT2D eigenvalue weighted by atomic mass is 9.91. The van der Waals surface area contributed by atoms with Crippen LogP contribution in [0.4, 0.5) is 10.5 Å². The van der Waals surface area contributed by atoms with Gasteiger partial charge < -0.3 is 15.2 Å². The van der Waals surface area contributed by atoms with E-state index in [4.69, 9.17) is 0 Å². The predicted octanol–water partition coefficient (Wildman–Crippen LogP) is 4.53. The molecular weight excluding hydrogens is 428 g/mol. The van der Waals surface area contributed by atoms with E-state index in [1.54, 1.807) is 6.92 Å². The highest BCUT2D eigenvalue weighted by atomic mass is 16.2. The van der Waals surface area contributed by atoms with E-state index in [0.29, 0.717) is 11.3 Å². The quantitative estimate of drug-likeness (QED) is 0.435. The van der Waals surface area contributed by atoms with Crippen molar-refractivity contribution in [3.05, 3.63) is 77.9 Å². The largest absolute Gasteiger partial charge is 0.341 e. The van der Waals surface area contributed by atoms with Crippen molar-refractivity contribution in [1.29, 1.82) is 0 Å². The predicted molar refractivity (Wildman–Crippen MR) is 133 cm³/mol. The lowest BCUT2D eigenvalue weighted by molar-refractivity contribution is -0.133. The summed E-state index contributed by atoms with van der Waals surface area (Å²) in [6.07, 6.45) is 0. The number of nitrogens with one attached hydrogen (secondary N) is 2. The first-order valence-corrected chi connectivity index (χ1v) is 11.3. The molecule has 1 aliphatic rings. The molecule has 7 nitrogen and oxygen atoms in total. The van der Waals surface area contributed by atoms with Crippen LogP contribution in [-0.2, 0) is 21.7 Å². The van der Waals surface area contributed by atoms with Crippen molar-refractivity contribution in [3.8, 4) is 0 Å². The van der Waals surface area contributed by atoms with E-state index in [-0.39, 0.29) is 6.54 Å². The molecule has 1 aliphatic heterocycles. The summed E-state index contributed by atoms with van der Waals surface area (Å²) in [5, 5.41) is 7.74. The molecule has 0 spiro atoms.